The number of fused-ring (bicyclic) bond motifs is 1. The van der Waals surface area contributed by atoms with Gasteiger partial charge in [-0.2, -0.15) is 0 Å². The number of hydrogen-bond acceptors (Lipinski definition) is 7. The van der Waals surface area contributed by atoms with Crippen LogP contribution in [-0.4, -0.2) is 83.5 Å². The van der Waals surface area contributed by atoms with Gasteiger partial charge in [0, 0.05) is 31.6 Å². The van der Waals surface area contributed by atoms with Crippen molar-refractivity contribution in [2.24, 2.45) is 0 Å². The summed E-state index contributed by atoms with van der Waals surface area (Å²) < 4.78 is 11.0. The van der Waals surface area contributed by atoms with Gasteiger partial charge in [0.15, 0.2) is 0 Å². The van der Waals surface area contributed by atoms with Crippen LogP contribution in [-0.2, 0) is 20.8 Å². The maximum absolute atomic E-state index is 12.6. The second-order valence-electron chi connectivity index (χ2n) is 7.16. The van der Waals surface area contributed by atoms with E-state index in [9.17, 15) is 4.79 Å². The minimum absolute atomic E-state index is 0.0997. The molecule has 2 aliphatic heterocycles. The SMILES string of the molecule is CC1CN(C(=O)CSc2nc(CN3CCOCC3)nc3ccccc23)CCO1. The van der Waals surface area contributed by atoms with Gasteiger partial charge in [-0.25, -0.2) is 9.97 Å². The van der Waals surface area contributed by atoms with Crippen LogP contribution in [0.4, 0.5) is 0 Å². The standard InChI is InChI=1S/C20H26N4O3S/c1-15-12-24(8-11-27-15)19(25)14-28-20-16-4-2-3-5-17(16)21-18(22-20)13-23-6-9-26-10-7-23/h2-5,15H,6-14H2,1H3. The van der Waals surface area contributed by atoms with Crippen molar-refractivity contribution >= 4 is 28.6 Å². The number of aromatic nitrogens is 2. The summed E-state index contributed by atoms with van der Waals surface area (Å²) in [7, 11) is 0. The van der Waals surface area contributed by atoms with E-state index < -0.39 is 0 Å². The molecule has 2 saturated heterocycles. The number of benzene rings is 1. The van der Waals surface area contributed by atoms with Crippen LogP contribution in [0.1, 0.15) is 12.7 Å². The molecule has 0 spiro atoms. The molecule has 4 rings (SSSR count). The van der Waals surface area contributed by atoms with Crippen LogP contribution in [0, 0.1) is 0 Å². The van der Waals surface area contributed by atoms with Gasteiger partial charge in [0.05, 0.1) is 43.7 Å². The van der Waals surface area contributed by atoms with E-state index in [1.807, 2.05) is 36.1 Å². The number of carbonyl (C=O) groups excluding carboxylic acids is 1. The quantitative estimate of drug-likeness (QED) is 0.558. The Morgan fingerprint density at radius 2 is 2.00 bits per heavy atom. The number of carbonyl (C=O) groups is 1. The van der Waals surface area contributed by atoms with Gasteiger partial charge in [-0.3, -0.25) is 9.69 Å². The van der Waals surface area contributed by atoms with Crippen molar-refractivity contribution in [3.63, 3.8) is 0 Å². The summed E-state index contributed by atoms with van der Waals surface area (Å²) in [6.45, 7) is 7.93. The summed E-state index contributed by atoms with van der Waals surface area (Å²) in [5.41, 5.74) is 0.927. The van der Waals surface area contributed by atoms with E-state index in [0.29, 0.717) is 32.0 Å². The molecule has 0 N–H and O–H groups in total. The number of rotatable bonds is 5. The van der Waals surface area contributed by atoms with Crippen LogP contribution in [0.2, 0.25) is 0 Å². The van der Waals surface area contributed by atoms with Gasteiger partial charge in [0.25, 0.3) is 0 Å². The van der Waals surface area contributed by atoms with Crippen LogP contribution >= 0.6 is 11.8 Å². The average Bonchev–Trinajstić information content (AvgIpc) is 2.72. The van der Waals surface area contributed by atoms with Gasteiger partial charge in [0.1, 0.15) is 10.9 Å². The average molecular weight is 403 g/mol. The molecule has 0 bridgehead atoms. The van der Waals surface area contributed by atoms with Crippen LogP contribution in [0.25, 0.3) is 10.9 Å². The molecule has 2 aromatic rings. The normalized spacial score (nSPS) is 21.2. The van der Waals surface area contributed by atoms with Crippen LogP contribution < -0.4 is 0 Å². The van der Waals surface area contributed by atoms with Gasteiger partial charge in [0.2, 0.25) is 5.91 Å². The Bertz CT molecular complexity index is 828. The Morgan fingerprint density at radius 3 is 2.82 bits per heavy atom. The van der Waals surface area contributed by atoms with Crippen molar-refractivity contribution in [2.75, 3.05) is 51.8 Å². The first-order valence-electron chi connectivity index (χ1n) is 9.77. The molecular weight excluding hydrogens is 376 g/mol. The number of morpholine rings is 2. The van der Waals surface area contributed by atoms with Crippen molar-refractivity contribution in [2.45, 2.75) is 24.6 Å². The highest BCUT2D eigenvalue weighted by Crippen LogP contribution is 2.26. The van der Waals surface area contributed by atoms with E-state index in [-0.39, 0.29) is 12.0 Å². The Labute approximate surface area is 169 Å². The fourth-order valence-electron chi connectivity index (χ4n) is 3.50. The molecule has 1 unspecified atom stereocenters. The molecular formula is C20H26N4O3S. The lowest BCUT2D eigenvalue weighted by molar-refractivity contribution is -0.135. The maximum atomic E-state index is 12.6. The zero-order valence-corrected chi connectivity index (χ0v) is 17.0. The summed E-state index contributed by atoms with van der Waals surface area (Å²) >= 11 is 1.50. The van der Waals surface area contributed by atoms with Crippen molar-refractivity contribution in [3.05, 3.63) is 30.1 Å². The number of para-hydroxylation sites is 1. The van der Waals surface area contributed by atoms with Gasteiger partial charge >= 0.3 is 0 Å². The lowest BCUT2D eigenvalue weighted by Gasteiger charge is -2.31. The first kappa shape index (κ1) is 19.6. The number of ether oxygens (including phenoxy) is 2. The molecule has 150 valence electrons. The Kier molecular flexibility index (Phi) is 6.41. The molecule has 28 heavy (non-hydrogen) atoms. The minimum atomic E-state index is 0.0997. The number of thioether (sulfide) groups is 1. The van der Waals surface area contributed by atoms with E-state index in [4.69, 9.17) is 19.4 Å². The number of hydrogen-bond donors (Lipinski definition) is 0. The third-order valence-electron chi connectivity index (χ3n) is 5.01. The number of nitrogens with zero attached hydrogens (tertiary/aromatic N) is 4. The van der Waals surface area contributed by atoms with E-state index in [0.717, 1.165) is 48.1 Å². The van der Waals surface area contributed by atoms with Crippen LogP contribution in [0.15, 0.2) is 29.3 Å². The molecule has 1 amide bonds. The predicted molar refractivity (Wildman–Crippen MR) is 108 cm³/mol. The summed E-state index contributed by atoms with van der Waals surface area (Å²) in [5, 5.41) is 1.88. The van der Waals surface area contributed by atoms with Gasteiger partial charge in [-0.15, -0.1) is 0 Å². The predicted octanol–water partition coefficient (Wildman–Crippen LogP) is 1.80. The lowest BCUT2D eigenvalue weighted by atomic mass is 10.2. The summed E-state index contributed by atoms with van der Waals surface area (Å²) in [6, 6.07) is 8.01. The van der Waals surface area contributed by atoms with E-state index in [2.05, 4.69) is 4.90 Å². The molecule has 1 aromatic carbocycles. The van der Waals surface area contributed by atoms with Crippen LogP contribution in [0.3, 0.4) is 0 Å². The third kappa shape index (κ3) is 4.81. The molecule has 1 atom stereocenters. The van der Waals surface area contributed by atoms with E-state index >= 15 is 0 Å². The molecule has 1 aromatic heterocycles. The fourth-order valence-corrected chi connectivity index (χ4v) is 4.44. The van der Waals surface area contributed by atoms with Crippen LogP contribution in [0.5, 0.6) is 0 Å². The minimum Gasteiger partial charge on any atom is -0.379 e. The third-order valence-corrected chi connectivity index (χ3v) is 5.99. The Balaban J connectivity index is 1.49. The molecule has 3 heterocycles. The van der Waals surface area contributed by atoms with Crippen molar-refractivity contribution < 1.29 is 14.3 Å². The summed E-state index contributed by atoms with van der Waals surface area (Å²) in [6.07, 6.45) is 0.0997. The van der Waals surface area contributed by atoms with E-state index in [1.165, 1.54) is 11.8 Å². The first-order valence-corrected chi connectivity index (χ1v) is 10.8. The number of amides is 1. The second-order valence-corrected chi connectivity index (χ2v) is 8.12. The fraction of sp³-hybridized carbons (Fsp3) is 0.550. The topological polar surface area (TPSA) is 67.8 Å². The highest BCUT2D eigenvalue weighted by molar-refractivity contribution is 8.00. The first-order chi connectivity index (χ1) is 13.7. The monoisotopic (exact) mass is 402 g/mol. The molecule has 8 heteroatoms. The molecule has 7 nitrogen and oxygen atoms in total. The molecule has 0 radical (unpaired) electrons. The lowest BCUT2D eigenvalue weighted by Crippen LogP contribution is -2.45. The maximum Gasteiger partial charge on any atom is 0.233 e. The molecule has 2 fully saturated rings. The van der Waals surface area contributed by atoms with E-state index in [1.54, 1.807) is 0 Å². The zero-order chi connectivity index (χ0) is 19.3. The summed E-state index contributed by atoms with van der Waals surface area (Å²) in [5.74, 6) is 1.32. The Hall–Kier alpha value is -1.74. The van der Waals surface area contributed by atoms with Gasteiger partial charge in [-0.05, 0) is 13.0 Å². The largest absolute Gasteiger partial charge is 0.379 e. The zero-order valence-electron chi connectivity index (χ0n) is 16.2. The van der Waals surface area contributed by atoms with Crippen molar-refractivity contribution in [1.82, 2.24) is 19.8 Å². The highest BCUT2D eigenvalue weighted by atomic mass is 32.2. The smallest absolute Gasteiger partial charge is 0.233 e. The van der Waals surface area contributed by atoms with Crippen molar-refractivity contribution in [3.8, 4) is 0 Å². The molecule has 2 aliphatic rings. The Morgan fingerprint density at radius 1 is 1.18 bits per heavy atom. The second kappa shape index (κ2) is 9.17. The van der Waals surface area contributed by atoms with Gasteiger partial charge < -0.3 is 14.4 Å². The molecule has 0 aliphatic carbocycles. The van der Waals surface area contributed by atoms with Crippen molar-refractivity contribution in [1.29, 1.82) is 0 Å². The van der Waals surface area contributed by atoms with Gasteiger partial charge in [-0.1, -0.05) is 30.0 Å². The highest BCUT2D eigenvalue weighted by Gasteiger charge is 2.22. The summed E-state index contributed by atoms with van der Waals surface area (Å²) in [4.78, 5) is 26.4. The molecule has 0 saturated carbocycles.